The zero-order valence-electron chi connectivity index (χ0n) is 17.5. The minimum atomic E-state index is -0.349. The lowest BCUT2D eigenvalue weighted by Crippen LogP contribution is -2.35. The normalized spacial score (nSPS) is 11.0. The summed E-state index contributed by atoms with van der Waals surface area (Å²) < 4.78 is 10.6. The maximum Gasteiger partial charge on any atom is 0.267 e. The summed E-state index contributed by atoms with van der Waals surface area (Å²) in [4.78, 5) is 25.2. The fourth-order valence-corrected chi connectivity index (χ4v) is 2.98. The summed E-state index contributed by atoms with van der Waals surface area (Å²) in [5.74, 6) is 0.447. The van der Waals surface area contributed by atoms with Crippen molar-refractivity contribution < 1.29 is 19.1 Å². The number of halogens is 1. The number of benzene rings is 2. The van der Waals surface area contributed by atoms with Gasteiger partial charge in [-0.3, -0.25) is 9.59 Å². The van der Waals surface area contributed by atoms with E-state index in [9.17, 15) is 9.59 Å². The van der Waals surface area contributed by atoms with Crippen molar-refractivity contribution in [2.45, 2.75) is 26.2 Å². The van der Waals surface area contributed by atoms with E-state index in [-0.39, 0.29) is 23.9 Å². The summed E-state index contributed by atoms with van der Waals surface area (Å²) in [6, 6.07) is 12.3. The van der Waals surface area contributed by atoms with E-state index < -0.39 is 0 Å². The standard InChI is InChI=1S/C23H27ClN2O4/c1-4-5-11-25-23(28)19(13-17-9-10-20(29-2)21(14-17)30-3)26-22(27)15-16-7-6-8-18(24)12-16/h6-10,12-14H,4-5,11,15H2,1-3H3,(H,25,28)(H,26,27)/b19-13-. The lowest BCUT2D eigenvalue weighted by molar-refractivity contribution is -0.123. The first-order valence-electron chi connectivity index (χ1n) is 9.73. The topological polar surface area (TPSA) is 76.7 Å². The monoisotopic (exact) mass is 430 g/mol. The van der Waals surface area contributed by atoms with Gasteiger partial charge < -0.3 is 20.1 Å². The van der Waals surface area contributed by atoms with Crippen LogP contribution in [0.5, 0.6) is 11.5 Å². The fraction of sp³-hybridized carbons (Fsp3) is 0.304. The van der Waals surface area contributed by atoms with Crippen molar-refractivity contribution in [3.05, 3.63) is 64.3 Å². The lowest BCUT2D eigenvalue weighted by atomic mass is 10.1. The van der Waals surface area contributed by atoms with Crippen molar-refractivity contribution in [1.82, 2.24) is 10.6 Å². The summed E-state index contributed by atoms with van der Waals surface area (Å²) in [5.41, 5.74) is 1.61. The number of carbonyl (C=O) groups is 2. The van der Waals surface area contributed by atoms with Crippen molar-refractivity contribution in [2.24, 2.45) is 0 Å². The van der Waals surface area contributed by atoms with Gasteiger partial charge in [-0.1, -0.05) is 43.1 Å². The van der Waals surface area contributed by atoms with Crippen LogP contribution in [0.15, 0.2) is 48.2 Å². The molecule has 0 aliphatic carbocycles. The van der Waals surface area contributed by atoms with Gasteiger partial charge in [0.05, 0.1) is 20.6 Å². The van der Waals surface area contributed by atoms with Gasteiger partial charge in [-0.15, -0.1) is 0 Å². The van der Waals surface area contributed by atoms with Gasteiger partial charge in [-0.2, -0.15) is 0 Å². The van der Waals surface area contributed by atoms with E-state index >= 15 is 0 Å². The minimum Gasteiger partial charge on any atom is -0.493 e. The van der Waals surface area contributed by atoms with Crippen LogP contribution in [-0.4, -0.2) is 32.6 Å². The van der Waals surface area contributed by atoms with Gasteiger partial charge in [-0.05, 0) is 47.9 Å². The average Bonchev–Trinajstić information content (AvgIpc) is 2.73. The molecule has 160 valence electrons. The van der Waals surface area contributed by atoms with E-state index in [4.69, 9.17) is 21.1 Å². The summed E-state index contributed by atoms with van der Waals surface area (Å²) in [5, 5.41) is 6.11. The molecule has 0 heterocycles. The molecule has 0 fully saturated rings. The molecular formula is C23H27ClN2O4. The SMILES string of the molecule is CCCCNC(=O)/C(=C/c1ccc(OC)c(OC)c1)NC(=O)Cc1cccc(Cl)c1. The van der Waals surface area contributed by atoms with Crippen LogP contribution in [0, 0.1) is 0 Å². The molecule has 7 heteroatoms. The van der Waals surface area contributed by atoms with Crippen molar-refractivity contribution in [2.75, 3.05) is 20.8 Å². The molecule has 0 aliphatic heterocycles. The van der Waals surface area contributed by atoms with E-state index in [1.165, 1.54) is 7.11 Å². The molecular weight excluding hydrogens is 404 g/mol. The Morgan fingerprint density at radius 1 is 1.07 bits per heavy atom. The predicted octanol–water partition coefficient (Wildman–Crippen LogP) is 3.97. The first-order chi connectivity index (χ1) is 14.5. The third-order valence-corrected chi connectivity index (χ3v) is 4.54. The van der Waals surface area contributed by atoms with Crippen LogP contribution in [0.25, 0.3) is 6.08 Å². The Kier molecular flexibility index (Phi) is 9.22. The highest BCUT2D eigenvalue weighted by molar-refractivity contribution is 6.30. The maximum atomic E-state index is 12.7. The second-order valence-electron chi connectivity index (χ2n) is 6.64. The van der Waals surface area contributed by atoms with Crippen LogP contribution in [0.3, 0.4) is 0 Å². The van der Waals surface area contributed by atoms with E-state index in [0.717, 1.165) is 18.4 Å². The Morgan fingerprint density at radius 2 is 1.83 bits per heavy atom. The van der Waals surface area contributed by atoms with Crippen LogP contribution < -0.4 is 20.1 Å². The van der Waals surface area contributed by atoms with Gasteiger partial charge >= 0.3 is 0 Å². The quantitative estimate of drug-likeness (QED) is 0.441. The largest absolute Gasteiger partial charge is 0.493 e. The number of rotatable bonds is 10. The lowest BCUT2D eigenvalue weighted by Gasteiger charge is -2.12. The molecule has 2 N–H and O–H groups in total. The fourth-order valence-electron chi connectivity index (χ4n) is 2.77. The number of hydrogen-bond acceptors (Lipinski definition) is 4. The summed E-state index contributed by atoms with van der Waals surface area (Å²) >= 11 is 5.99. The number of methoxy groups -OCH3 is 2. The molecule has 30 heavy (non-hydrogen) atoms. The molecule has 0 aliphatic rings. The Hall–Kier alpha value is -2.99. The van der Waals surface area contributed by atoms with Gasteiger partial charge in [0.2, 0.25) is 5.91 Å². The zero-order valence-corrected chi connectivity index (χ0v) is 18.2. The molecule has 0 bridgehead atoms. The summed E-state index contributed by atoms with van der Waals surface area (Å²) in [7, 11) is 3.09. The van der Waals surface area contributed by atoms with Crippen molar-refractivity contribution in [3.8, 4) is 11.5 Å². The Morgan fingerprint density at radius 3 is 2.50 bits per heavy atom. The van der Waals surface area contributed by atoms with E-state index in [0.29, 0.717) is 28.6 Å². The Balaban J connectivity index is 2.24. The molecule has 0 spiro atoms. The molecule has 2 rings (SSSR count). The van der Waals surface area contributed by atoms with E-state index in [1.54, 1.807) is 49.6 Å². The van der Waals surface area contributed by atoms with E-state index in [2.05, 4.69) is 10.6 Å². The molecule has 2 aromatic rings. The first kappa shape index (κ1) is 23.3. The van der Waals surface area contributed by atoms with Crippen LogP contribution in [-0.2, 0) is 16.0 Å². The molecule has 2 amide bonds. The second kappa shape index (κ2) is 11.9. The minimum absolute atomic E-state index is 0.103. The second-order valence-corrected chi connectivity index (χ2v) is 7.07. The van der Waals surface area contributed by atoms with Gasteiger partial charge in [0.25, 0.3) is 5.91 Å². The third kappa shape index (κ3) is 7.12. The molecule has 0 saturated heterocycles. The summed E-state index contributed by atoms with van der Waals surface area (Å²) in [6.07, 6.45) is 3.52. The Labute approximate surface area is 182 Å². The highest BCUT2D eigenvalue weighted by atomic mass is 35.5. The Bertz CT molecular complexity index is 912. The van der Waals surface area contributed by atoms with E-state index in [1.807, 2.05) is 13.0 Å². The molecule has 0 aromatic heterocycles. The number of hydrogen-bond donors (Lipinski definition) is 2. The highest BCUT2D eigenvalue weighted by Gasteiger charge is 2.14. The van der Waals surface area contributed by atoms with Crippen molar-refractivity contribution in [3.63, 3.8) is 0 Å². The van der Waals surface area contributed by atoms with Gasteiger partial charge in [-0.25, -0.2) is 0 Å². The molecule has 0 atom stereocenters. The number of ether oxygens (including phenoxy) is 2. The van der Waals surface area contributed by atoms with Crippen molar-refractivity contribution >= 4 is 29.5 Å². The third-order valence-electron chi connectivity index (χ3n) is 4.31. The van der Waals surface area contributed by atoms with Crippen LogP contribution in [0.4, 0.5) is 0 Å². The van der Waals surface area contributed by atoms with Gasteiger partial charge in [0.1, 0.15) is 5.70 Å². The van der Waals surface area contributed by atoms with Crippen LogP contribution >= 0.6 is 11.6 Å². The highest BCUT2D eigenvalue weighted by Crippen LogP contribution is 2.28. The van der Waals surface area contributed by atoms with Gasteiger partial charge in [0, 0.05) is 11.6 Å². The zero-order chi connectivity index (χ0) is 21.9. The maximum absolute atomic E-state index is 12.7. The molecule has 6 nitrogen and oxygen atoms in total. The summed E-state index contributed by atoms with van der Waals surface area (Å²) in [6.45, 7) is 2.57. The van der Waals surface area contributed by atoms with Crippen LogP contribution in [0.1, 0.15) is 30.9 Å². The number of unbranched alkanes of at least 4 members (excludes halogenated alkanes) is 1. The predicted molar refractivity (Wildman–Crippen MR) is 119 cm³/mol. The molecule has 0 unspecified atom stereocenters. The average molecular weight is 431 g/mol. The molecule has 0 saturated carbocycles. The number of nitrogens with one attached hydrogen (secondary N) is 2. The smallest absolute Gasteiger partial charge is 0.267 e. The molecule has 0 radical (unpaired) electrons. The van der Waals surface area contributed by atoms with Crippen molar-refractivity contribution in [1.29, 1.82) is 0 Å². The number of carbonyl (C=O) groups excluding carboxylic acids is 2. The molecule has 2 aromatic carbocycles. The number of amides is 2. The van der Waals surface area contributed by atoms with Crippen LogP contribution in [0.2, 0.25) is 5.02 Å². The first-order valence-corrected chi connectivity index (χ1v) is 10.1. The van der Waals surface area contributed by atoms with Gasteiger partial charge in [0.15, 0.2) is 11.5 Å².